The van der Waals surface area contributed by atoms with Crippen molar-refractivity contribution in [3.8, 4) is 5.75 Å². The summed E-state index contributed by atoms with van der Waals surface area (Å²) in [6.07, 6.45) is 0. The minimum atomic E-state index is -0.171. The summed E-state index contributed by atoms with van der Waals surface area (Å²) in [5.41, 5.74) is 8.85. The summed E-state index contributed by atoms with van der Waals surface area (Å²) in [5.74, 6) is 0.479. The fourth-order valence-electron chi connectivity index (χ4n) is 1.89. The number of benzene rings is 2. The van der Waals surface area contributed by atoms with E-state index in [9.17, 15) is 4.79 Å². The van der Waals surface area contributed by atoms with Gasteiger partial charge in [-0.05, 0) is 42.3 Å². The number of hydrogen-bond acceptors (Lipinski definition) is 3. The Balaban J connectivity index is 2.18. The van der Waals surface area contributed by atoms with Gasteiger partial charge in [0.25, 0.3) is 5.91 Å². The van der Waals surface area contributed by atoms with Crippen LogP contribution in [0.2, 0.25) is 0 Å². The van der Waals surface area contributed by atoms with Gasteiger partial charge in [0.2, 0.25) is 0 Å². The predicted octanol–water partition coefficient (Wildman–Crippen LogP) is 2.71. The molecule has 0 saturated heterocycles. The molecule has 3 N–H and O–H groups in total. The Labute approximate surface area is 118 Å². The Hall–Kier alpha value is -2.33. The van der Waals surface area contributed by atoms with Gasteiger partial charge in [-0.15, -0.1) is 0 Å². The number of hydrogen-bond donors (Lipinski definition) is 2. The topological polar surface area (TPSA) is 64.3 Å². The van der Waals surface area contributed by atoms with Crippen molar-refractivity contribution in [2.75, 3.05) is 12.4 Å². The second kappa shape index (κ2) is 6.21. The first-order valence-electron chi connectivity index (χ1n) is 6.39. The maximum atomic E-state index is 12.2. The molecule has 0 aliphatic heterocycles. The number of amides is 1. The Morgan fingerprint density at radius 1 is 1.20 bits per heavy atom. The van der Waals surface area contributed by atoms with Gasteiger partial charge < -0.3 is 15.8 Å². The number of anilines is 1. The molecule has 0 fully saturated rings. The molecule has 0 bridgehead atoms. The Morgan fingerprint density at radius 3 is 2.50 bits per heavy atom. The van der Waals surface area contributed by atoms with Gasteiger partial charge in [-0.3, -0.25) is 4.79 Å². The average molecular weight is 270 g/mol. The molecule has 0 saturated carbocycles. The normalized spacial score (nSPS) is 10.2. The van der Waals surface area contributed by atoms with E-state index in [-0.39, 0.29) is 5.91 Å². The summed E-state index contributed by atoms with van der Waals surface area (Å²) in [7, 11) is 1.58. The van der Waals surface area contributed by atoms with Crippen LogP contribution in [0, 0.1) is 6.92 Å². The summed E-state index contributed by atoms with van der Waals surface area (Å²) in [6.45, 7) is 2.44. The number of nitrogens with one attached hydrogen (secondary N) is 1. The molecule has 4 nitrogen and oxygen atoms in total. The molecule has 0 aromatic heterocycles. The molecule has 1 amide bonds. The Kier molecular flexibility index (Phi) is 4.38. The fraction of sp³-hybridized carbons (Fsp3) is 0.188. The van der Waals surface area contributed by atoms with Crippen LogP contribution >= 0.6 is 0 Å². The van der Waals surface area contributed by atoms with Gasteiger partial charge in [0, 0.05) is 12.1 Å². The smallest absolute Gasteiger partial charge is 0.255 e. The van der Waals surface area contributed by atoms with Crippen LogP contribution in [0.1, 0.15) is 21.5 Å². The number of methoxy groups -OCH3 is 1. The number of carbonyl (C=O) groups excluding carboxylic acids is 1. The van der Waals surface area contributed by atoms with E-state index in [1.807, 2.05) is 37.3 Å². The highest BCUT2D eigenvalue weighted by Crippen LogP contribution is 2.25. The molecular weight excluding hydrogens is 252 g/mol. The SMILES string of the molecule is COc1cc(C)ccc1NC(=O)c1ccc(CN)cc1. The third-order valence-corrected chi connectivity index (χ3v) is 3.06. The van der Waals surface area contributed by atoms with Gasteiger partial charge in [-0.25, -0.2) is 0 Å². The standard InChI is InChI=1S/C16H18N2O2/c1-11-3-8-14(15(9-11)20-2)18-16(19)13-6-4-12(10-17)5-7-13/h3-9H,10,17H2,1-2H3,(H,18,19). The molecule has 0 atom stereocenters. The van der Waals surface area contributed by atoms with Gasteiger partial charge in [0.15, 0.2) is 0 Å². The van der Waals surface area contributed by atoms with Gasteiger partial charge in [0.05, 0.1) is 12.8 Å². The highest BCUT2D eigenvalue weighted by molar-refractivity contribution is 6.05. The van der Waals surface area contributed by atoms with Crippen LogP contribution in [-0.2, 0) is 6.54 Å². The van der Waals surface area contributed by atoms with Crippen LogP contribution in [0.5, 0.6) is 5.75 Å². The summed E-state index contributed by atoms with van der Waals surface area (Å²) < 4.78 is 5.27. The lowest BCUT2D eigenvalue weighted by Crippen LogP contribution is -2.12. The van der Waals surface area contributed by atoms with Crippen molar-refractivity contribution in [1.29, 1.82) is 0 Å². The first-order valence-corrected chi connectivity index (χ1v) is 6.39. The minimum absolute atomic E-state index is 0.171. The number of aryl methyl sites for hydroxylation is 1. The van der Waals surface area contributed by atoms with Crippen molar-refractivity contribution in [3.05, 3.63) is 59.2 Å². The van der Waals surface area contributed by atoms with Crippen molar-refractivity contribution in [2.24, 2.45) is 5.73 Å². The molecule has 0 unspecified atom stereocenters. The molecule has 0 heterocycles. The third-order valence-electron chi connectivity index (χ3n) is 3.06. The average Bonchev–Trinajstić information content (AvgIpc) is 2.49. The van der Waals surface area contributed by atoms with Crippen molar-refractivity contribution < 1.29 is 9.53 Å². The summed E-state index contributed by atoms with van der Waals surface area (Å²) in [4.78, 5) is 12.2. The third kappa shape index (κ3) is 3.16. The molecule has 0 radical (unpaired) electrons. The summed E-state index contributed by atoms with van der Waals surface area (Å²) >= 11 is 0. The van der Waals surface area contributed by atoms with Crippen LogP contribution in [0.4, 0.5) is 5.69 Å². The van der Waals surface area contributed by atoms with Gasteiger partial charge in [0.1, 0.15) is 5.75 Å². The lowest BCUT2D eigenvalue weighted by Gasteiger charge is -2.11. The zero-order valence-electron chi connectivity index (χ0n) is 11.6. The second-order valence-electron chi connectivity index (χ2n) is 4.56. The maximum Gasteiger partial charge on any atom is 0.255 e. The van der Waals surface area contributed by atoms with E-state index in [2.05, 4.69) is 5.32 Å². The Bertz CT molecular complexity index is 606. The summed E-state index contributed by atoms with van der Waals surface area (Å²) in [6, 6.07) is 12.9. The van der Waals surface area contributed by atoms with E-state index in [0.717, 1.165) is 11.1 Å². The monoisotopic (exact) mass is 270 g/mol. The van der Waals surface area contributed by atoms with E-state index in [1.54, 1.807) is 19.2 Å². The highest BCUT2D eigenvalue weighted by atomic mass is 16.5. The van der Waals surface area contributed by atoms with E-state index >= 15 is 0 Å². The lowest BCUT2D eigenvalue weighted by molar-refractivity contribution is 0.102. The quantitative estimate of drug-likeness (QED) is 0.897. The molecule has 0 spiro atoms. The van der Waals surface area contributed by atoms with Crippen LogP contribution in [0.3, 0.4) is 0 Å². The predicted molar refractivity (Wildman–Crippen MR) is 80.0 cm³/mol. The molecule has 2 aromatic rings. The molecule has 2 rings (SSSR count). The molecule has 0 aliphatic carbocycles. The largest absolute Gasteiger partial charge is 0.495 e. The zero-order chi connectivity index (χ0) is 14.5. The maximum absolute atomic E-state index is 12.2. The number of rotatable bonds is 4. The highest BCUT2D eigenvalue weighted by Gasteiger charge is 2.09. The van der Waals surface area contributed by atoms with Crippen LogP contribution in [0.15, 0.2) is 42.5 Å². The molecular formula is C16H18N2O2. The van der Waals surface area contributed by atoms with Crippen LogP contribution in [-0.4, -0.2) is 13.0 Å². The first-order chi connectivity index (χ1) is 9.63. The number of carbonyl (C=O) groups is 1. The van der Waals surface area contributed by atoms with E-state index < -0.39 is 0 Å². The van der Waals surface area contributed by atoms with Crippen LogP contribution in [0.25, 0.3) is 0 Å². The number of ether oxygens (including phenoxy) is 1. The van der Waals surface area contributed by atoms with E-state index in [1.165, 1.54) is 0 Å². The van der Waals surface area contributed by atoms with Crippen LogP contribution < -0.4 is 15.8 Å². The molecule has 2 aromatic carbocycles. The fourth-order valence-corrected chi connectivity index (χ4v) is 1.89. The van der Waals surface area contributed by atoms with Crippen molar-refractivity contribution in [1.82, 2.24) is 0 Å². The summed E-state index contributed by atoms with van der Waals surface area (Å²) in [5, 5.41) is 2.85. The molecule has 104 valence electrons. The van der Waals surface area contributed by atoms with Crippen molar-refractivity contribution in [3.63, 3.8) is 0 Å². The van der Waals surface area contributed by atoms with E-state index in [4.69, 9.17) is 10.5 Å². The lowest BCUT2D eigenvalue weighted by atomic mass is 10.1. The minimum Gasteiger partial charge on any atom is -0.495 e. The first kappa shape index (κ1) is 14.1. The van der Waals surface area contributed by atoms with Gasteiger partial charge in [-0.1, -0.05) is 18.2 Å². The van der Waals surface area contributed by atoms with Crippen molar-refractivity contribution >= 4 is 11.6 Å². The van der Waals surface area contributed by atoms with Gasteiger partial charge in [-0.2, -0.15) is 0 Å². The van der Waals surface area contributed by atoms with Crippen molar-refractivity contribution in [2.45, 2.75) is 13.5 Å². The molecule has 0 aliphatic rings. The zero-order valence-corrected chi connectivity index (χ0v) is 11.6. The number of nitrogens with two attached hydrogens (primary N) is 1. The van der Waals surface area contributed by atoms with E-state index in [0.29, 0.717) is 23.5 Å². The molecule has 20 heavy (non-hydrogen) atoms. The van der Waals surface area contributed by atoms with Gasteiger partial charge >= 0.3 is 0 Å². The second-order valence-corrected chi connectivity index (χ2v) is 4.56. The molecule has 4 heteroatoms. The Morgan fingerprint density at radius 2 is 1.90 bits per heavy atom.